The lowest BCUT2D eigenvalue weighted by molar-refractivity contribution is -0.385. The predicted octanol–water partition coefficient (Wildman–Crippen LogP) is 2.94. The molecule has 11 nitrogen and oxygen atoms in total. The second-order valence-corrected chi connectivity index (χ2v) is 7.01. The highest BCUT2D eigenvalue weighted by atomic mass is 35.5. The molecule has 1 amide bonds. The molecule has 0 saturated heterocycles. The van der Waals surface area contributed by atoms with E-state index >= 15 is 0 Å². The molecule has 2 heterocycles. The van der Waals surface area contributed by atoms with Gasteiger partial charge in [0.15, 0.2) is 6.61 Å². The number of ether oxygens (including phenoxy) is 1. The normalized spacial score (nSPS) is 10.6. The average molecular weight is 445 g/mol. The second-order valence-electron chi connectivity index (χ2n) is 6.58. The lowest BCUT2D eigenvalue weighted by atomic mass is 10.2. The Kier molecular flexibility index (Phi) is 6.25. The molecular formula is C19H17ClN6O5. The van der Waals surface area contributed by atoms with Crippen LogP contribution in [0, 0.1) is 30.9 Å². The Morgan fingerprint density at radius 3 is 2.45 bits per heavy atom. The van der Waals surface area contributed by atoms with E-state index in [-0.39, 0.29) is 22.4 Å². The molecule has 3 rings (SSSR count). The van der Waals surface area contributed by atoms with Gasteiger partial charge in [0, 0.05) is 28.5 Å². The summed E-state index contributed by atoms with van der Waals surface area (Å²) in [4.78, 5) is 43.5. The number of nitro benzene ring substituents is 1. The maximum Gasteiger partial charge on any atom is 0.345 e. The number of nitro groups is 1. The number of amides is 1. The SMILES string of the molecule is Cc1cc(C)nc(-n2nc(C)cc2NC(=O)COC(=O)c2ccc(Cl)cc2[N+](=O)[O-])n1. The minimum absolute atomic E-state index is 0.0956. The number of aromatic nitrogens is 4. The maximum absolute atomic E-state index is 12.3. The molecule has 0 aliphatic carbocycles. The van der Waals surface area contributed by atoms with Gasteiger partial charge in [-0.15, -0.1) is 0 Å². The average Bonchev–Trinajstić information content (AvgIpc) is 3.05. The standard InChI is InChI=1S/C19H17ClN6O5/c1-10-6-11(2)22-19(21-10)25-16(7-12(3)24-25)23-17(27)9-31-18(28)14-5-4-13(20)8-15(14)26(29)30/h4-8H,9H2,1-3H3,(H,23,27). The quantitative estimate of drug-likeness (QED) is 0.347. The van der Waals surface area contributed by atoms with E-state index in [0.717, 1.165) is 23.5 Å². The number of esters is 1. The molecule has 0 bridgehead atoms. The van der Waals surface area contributed by atoms with Gasteiger partial charge in [-0.2, -0.15) is 9.78 Å². The smallest absolute Gasteiger partial charge is 0.345 e. The Bertz CT molecular complexity index is 1170. The first-order valence-corrected chi connectivity index (χ1v) is 9.32. The van der Waals surface area contributed by atoms with Gasteiger partial charge in [0.1, 0.15) is 11.4 Å². The van der Waals surface area contributed by atoms with Gasteiger partial charge in [-0.1, -0.05) is 11.6 Å². The van der Waals surface area contributed by atoms with Crippen molar-refractivity contribution in [3.8, 4) is 5.95 Å². The molecule has 0 aliphatic heterocycles. The summed E-state index contributed by atoms with van der Waals surface area (Å²) in [5, 5.41) is 18.1. The maximum atomic E-state index is 12.3. The van der Waals surface area contributed by atoms with Crippen molar-refractivity contribution in [3.05, 3.63) is 68.1 Å². The third-order valence-electron chi connectivity index (χ3n) is 3.97. The van der Waals surface area contributed by atoms with Crippen LogP contribution in [-0.4, -0.2) is 43.2 Å². The molecule has 3 aromatic rings. The van der Waals surface area contributed by atoms with Gasteiger partial charge < -0.3 is 10.1 Å². The van der Waals surface area contributed by atoms with E-state index in [9.17, 15) is 19.7 Å². The fourth-order valence-electron chi connectivity index (χ4n) is 2.76. The Morgan fingerprint density at radius 2 is 1.81 bits per heavy atom. The van der Waals surface area contributed by atoms with Gasteiger partial charge in [-0.3, -0.25) is 14.9 Å². The van der Waals surface area contributed by atoms with E-state index in [1.165, 1.54) is 10.7 Å². The molecule has 0 fully saturated rings. The van der Waals surface area contributed by atoms with Crippen LogP contribution in [0.2, 0.25) is 5.02 Å². The van der Waals surface area contributed by atoms with Crippen molar-refractivity contribution in [2.75, 3.05) is 11.9 Å². The molecule has 160 valence electrons. The van der Waals surface area contributed by atoms with Crippen LogP contribution in [-0.2, 0) is 9.53 Å². The third-order valence-corrected chi connectivity index (χ3v) is 4.20. The van der Waals surface area contributed by atoms with Gasteiger partial charge in [-0.25, -0.2) is 14.8 Å². The van der Waals surface area contributed by atoms with Crippen molar-refractivity contribution in [3.63, 3.8) is 0 Å². The van der Waals surface area contributed by atoms with E-state index in [1.807, 2.05) is 13.8 Å². The fourth-order valence-corrected chi connectivity index (χ4v) is 2.93. The Hall–Kier alpha value is -3.86. The zero-order chi connectivity index (χ0) is 22.7. The van der Waals surface area contributed by atoms with Gasteiger partial charge in [0.05, 0.1) is 10.6 Å². The largest absolute Gasteiger partial charge is 0.452 e. The van der Waals surface area contributed by atoms with Crippen molar-refractivity contribution in [2.45, 2.75) is 20.8 Å². The number of carbonyl (C=O) groups is 2. The van der Waals surface area contributed by atoms with Gasteiger partial charge >= 0.3 is 5.97 Å². The number of nitrogens with one attached hydrogen (secondary N) is 1. The molecule has 1 aromatic carbocycles. The highest BCUT2D eigenvalue weighted by Crippen LogP contribution is 2.24. The van der Waals surface area contributed by atoms with Crippen LogP contribution in [0.1, 0.15) is 27.4 Å². The molecule has 0 atom stereocenters. The summed E-state index contributed by atoms with van der Waals surface area (Å²) >= 11 is 5.73. The minimum Gasteiger partial charge on any atom is -0.452 e. The van der Waals surface area contributed by atoms with Crippen molar-refractivity contribution < 1.29 is 19.2 Å². The van der Waals surface area contributed by atoms with E-state index in [0.29, 0.717) is 5.69 Å². The van der Waals surface area contributed by atoms with Crippen molar-refractivity contribution in [1.82, 2.24) is 19.7 Å². The van der Waals surface area contributed by atoms with Crippen LogP contribution in [0.5, 0.6) is 0 Å². The third kappa shape index (κ3) is 5.20. The summed E-state index contributed by atoms with van der Waals surface area (Å²) in [6.07, 6.45) is 0. The van der Waals surface area contributed by atoms with Crippen LogP contribution in [0.25, 0.3) is 5.95 Å². The molecule has 1 N–H and O–H groups in total. The van der Waals surface area contributed by atoms with Gasteiger partial charge in [0.2, 0.25) is 0 Å². The number of rotatable bonds is 6. The van der Waals surface area contributed by atoms with Crippen LogP contribution in [0.4, 0.5) is 11.5 Å². The summed E-state index contributed by atoms with van der Waals surface area (Å²) in [6.45, 7) is 4.68. The van der Waals surface area contributed by atoms with E-state index in [2.05, 4.69) is 20.4 Å². The first kappa shape index (κ1) is 21.8. The monoisotopic (exact) mass is 444 g/mol. The predicted molar refractivity (Wildman–Crippen MR) is 110 cm³/mol. The first-order chi connectivity index (χ1) is 14.6. The van der Waals surface area contributed by atoms with Crippen LogP contribution < -0.4 is 5.32 Å². The molecule has 31 heavy (non-hydrogen) atoms. The number of benzene rings is 1. The Balaban J connectivity index is 1.73. The molecule has 2 aromatic heterocycles. The summed E-state index contributed by atoms with van der Waals surface area (Å²) < 4.78 is 6.28. The number of halogens is 1. The number of hydrogen-bond donors (Lipinski definition) is 1. The number of anilines is 1. The number of aryl methyl sites for hydroxylation is 3. The number of nitrogens with zero attached hydrogens (tertiary/aromatic N) is 5. The Morgan fingerprint density at radius 1 is 1.13 bits per heavy atom. The number of hydrogen-bond acceptors (Lipinski definition) is 8. The molecule has 0 spiro atoms. The minimum atomic E-state index is -1.03. The zero-order valence-electron chi connectivity index (χ0n) is 16.7. The van der Waals surface area contributed by atoms with Gasteiger partial charge in [0.25, 0.3) is 17.5 Å². The zero-order valence-corrected chi connectivity index (χ0v) is 17.5. The van der Waals surface area contributed by atoms with Gasteiger partial charge in [-0.05, 0) is 39.0 Å². The number of carbonyl (C=O) groups excluding carboxylic acids is 2. The summed E-state index contributed by atoms with van der Waals surface area (Å²) in [5.41, 5.74) is 1.23. The summed E-state index contributed by atoms with van der Waals surface area (Å²) in [6, 6.07) is 6.91. The first-order valence-electron chi connectivity index (χ1n) is 8.94. The van der Waals surface area contributed by atoms with Crippen molar-refractivity contribution >= 4 is 35.0 Å². The second kappa shape index (κ2) is 8.88. The fraction of sp³-hybridized carbons (Fsp3) is 0.211. The van der Waals surface area contributed by atoms with Crippen molar-refractivity contribution in [1.29, 1.82) is 0 Å². The van der Waals surface area contributed by atoms with E-state index < -0.39 is 29.1 Å². The highest BCUT2D eigenvalue weighted by Gasteiger charge is 2.23. The molecule has 12 heteroatoms. The highest BCUT2D eigenvalue weighted by molar-refractivity contribution is 6.31. The molecule has 0 radical (unpaired) electrons. The lowest BCUT2D eigenvalue weighted by Crippen LogP contribution is -2.23. The molecule has 0 unspecified atom stereocenters. The lowest BCUT2D eigenvalue weighted by Gasteiger charge is -2.09. The summed E-state index contributed by atoms with van der Waals surface area (Å²) in [5.74, 6) is -1.15. The van der Waals surface area contributed by atoms with Crippen LogP contribution in [0.15, 0.2) is 30.3 Å². The molecule has 0 saturated carbocycles. The van der Waals surface area contributed by atoms with Crippen LogP contribution >= 0.6 is 11.6 Å². The Labute approximate surface area is 181 Å². The van der Waals surface area contributed by atoms with Crippen molar-refractivity contribution in [2.24, 2.45) is 0 Å². The van der Waals surface area contributed by atoms with Crippen LogP contribution in [0.3, 0.4) is 0 Å². The summed E-state index contributed by atoms with van der Waals surface area (Å²) in [7, 11) is 0. The molecule has 0 aliphatic rings. The van der Waals surface area contributed by atoms with E-state index in [1.54, 1.807) is 19.1 Å². The molecular weight excluding hydrogens is 428 g/mol. The topological polar surface area (TPSA) is 142 Å². The van der Waals surface area contributed by atoms with E-state index in [4.69, 9.17) is 16.3 Å².